The normalized spacial score (nSPS) is 16.2. The molecule has 3 rings (SSSR count). The highest BCUT2D eigenvalue weighted by Gasteiger charge is 2.18. The predicted molar refractivity (Wildman–Crippen MR) is 84.4 cm³/mol. The number of carbonyl (C=O) groups excluding carboxylic acids is 1. The summed E-state index contributed by atoms with van der Waals surface area (Å²) in [7, 11) is 0. The highest BCUT2D eigenvalue weighted by molar-refractivity contribution is 5.90. The first-order valence-corrected chi connectivity index (χ1v) is 7.90. The lowest BCUT2D eigenvalue weighted by molar-refractivity contribution is -0.130. The first-order valence-electron chi connectivity index (χ1n) is 7.90. The summed E-state index contributed by atoms with van der Waals surface area (Å²) in [4.78, 5) is 14.5. The van der Waals surface area contributed by atoms with Crippen LogP contribution in [0.5, 0.6) is 0 Å². The number of nitrogens with zero attached hydrogens (tertiary/aromatic N) is 1. The Kier molecular flexibility index (Phi) is 4.00. The number of hydrogen-bond acceptors (Lipinski definition) is 2. The summed E-state index contributed by atoms with van der Waals surface area (Å²) in [5, 5.41) is 1.11. The molecule has 1 amide bonds. The Morgan fingerprint density at radius 3 is 2.57 bits per heavy atom. The Bertz CT molecular complexity index is 649. The van der Waals surface area contributed by atoms with Gasteiger partial charge in [0.1, 0.15) is 5.58 Å². The van der Waals surface area contributed by atoms with Gasteiger partial charge in [-0.2, -0.15) is 0 Å². The van der Waals surface area contributed by atoms with Gasteiger partial charge in [-0.3, -0.25) is 4.79 Å². The van der Waals surface area contributed by atoms with E-state index in [9.17, 15) is 4.79 Å². The maximum atomic E-state index is 12.5. The van der Waals surface area contributed by atoms with Crippen molar-refractivity contribution < 1.29 is 9.21 Å². The highest BCUT2D eigenvalue weighted by Crippen LogP contribution is 2.27. The second kappa shape index (κ2) is 5.92. The van der Waals surface area contributed by atoms with Crippen molar-refractivity contribution in [2.45, 2.75) is 46.0 Å². The van der Waals surface area contributed by atoms with Crippen LogP contribution >= 0.6 is 0 Å². The molecule has 1 aliphatic rings. The van der Waals surface area contributed by atoms with Gasteiger partial charge in [-0.25, -0.2) is 0 Å². The third kappa shape index (κ3) is 2.97. The molecule has 0 atom stereocenters. The van der Waals surface area contributed by atoms with Crippen molar-refractivity contribution in [2.75, 3.05) is 13.1 Å². The Balaban J connectivity index is 1.83. The van der Waals surface area contributed by atoms with Crippen LogP contribution in [0.25, 0.3) is 11.0 Å². The molecule has 2 aromatic rings. The minimum atomic E-state index is 0.236. The monoisotopic (exact) mass is 285 g/mol. The SMILES string of the molecule is Cc1cc(C)c2c(CC(=O)N3CCCCCC3)coc2c1. The van der Waals surface area contributed by atoms with Crippen molar-refractivity contribution in [3.8, 4) is 0 Å². The number of fused-ring (bicyclic) bond motifs is 1. The lowest BCUT2D eigenvalue weighted by atomic mass is 10.0. The number of benzene rings is 1. The fourth-order valence-corrected chi connectivity index (χ4v) is 3.35. The van der Waals surface area contributed by atoms with Crippen LogP contribution in [-0.4, -0.2) is 23.9 Å². The van der Waals surface area contributed by atoms with Crippen LogP contribution in [-0.2, 0) is 11.2 Å². The molecule has 0 unspecified atom stereocenters. The number of carbonyl (C=O) groups is 1. The smallest absolute Gasteiger partial charge is 0.227 e. The largest absolute Gasteiger partial charge is 0.464 e. The van der Waals surface area contributed by atoms with Crippen LogP contribution in [0.2, 0.25) is 0 Å². The van der Waals surface area contributed by atoms with Crippen molar-refractivity contribution in [1.82, 2.24) is 4.90 Å². The number of hydrogen-bond donors (Lipinski definition) is 0. The van der Waals surface area contributed by atoms with Crippen molar-refractivity contribution in [2.24, 2.45) is 0 Å². The fourth-order valence-electron chi connectivity index (χ4n) is 3.35. The number of aryl methyl sites for hydroxylation is 2. The molecule has 1 aromatic heterocycles. The fraction of sp³-hybridized carbons (Fsp3) is 0.500. The lowest BCUT2D eigenvalue weighted by Crippen LogP contribution is -2.33. The molecule has 0 aliphatic carbocycles. The Morgan fingerprint density at radius 1 is 1.14 bits per heavy atom. The van der Waals surface area contributed by atoms with Gasteiger partial charge in [0.15, 0.2) is 0 Å². The summed E-state index contributed by atoms with van der Waals surface area (Å²) < 4.78 is 5.65. The van der Waals surface area contributed by atoms with E-state index >= 15 is 0 Å². The quantitative estimate of drug-likeness (QED) is 0.835. The Morgan fingerprint density at radius 2 is 1.86 bits per heavy atom. The van der Waals surface area contributed by atoms with Gasteiger partial charge < -0.3 is 9.32 Å². The van der Waals surface area contributed by atoms with E-state index in [0.717, 1.165) is 42.5 Å². The highest BCUT2D eigenvalue weighted by atomic mass is 16.3. The molecule has 21 heavy (non-hydrogen) atoms. The lowest BCUT2D eigenvalue weighted by Gasteiger charge is -2.20. The van der Waals surface area contributed by atoms with Crippen LogP contribution in [0.15, 0.2) is 22.8 Å². The van der Waals surface area contributed by atoms with E-state index in [4.69, 9.17) is 4.42 Å². The zero-order valence-corrected chi connectivity index (χ0v) is 12.9. The van der Waals surface area contributed by atoms with Gasteiger partial charge in [0, 0.05) is 24.0 Å². The topological polar surface area (TPSA) is 33.5 Å². The standard InChI is InChI=1S/C18H23NO2/c1-13-9-14(2)18-15(12-21-16(18)10-13)11-17(20)19-7-5-3-4-6-8-19/h9-10,12H,3-8,11H2,1-2H3. The van der Waals surface area contributed by atoms with Gasteiger partial charge >= 0.3 is 0 Å². The molecule has 1 aromatic carbocycles. The summed E-state index contributed by atoms with van der Waals surface area (Å²) in [6.45, 7) is 5.97. The number of amides is 1. The zero-order chi connectivity index (χ0) is 14.8. The molecule has 0 spiro atoms. The van der Waals surface area contributed by atoms with Crippen LogP contribution < -0.4 is 0 Å². The van der Waals surface area contributed by atoms with E-state index in [1.54, 1.807) is 6.26 Å². The van der Waals surface area contributed by atoms with Gasteiger partial charge in [-0.15, -0.1) is 0 Å². The molecule has 3 heteroatoms. The number of likely N-dealkylation sites (tertiary alicyclic amines) is 1. The van der Waals surface area contributed by atoms with Gasteiger partial charge in [0.2, 0.25) is 5.91 Å². The molecular formula is C18H23NO2. The molecule has 1 saturated heterocycles. The Labute approximate surface area is 125 Å². The third-order valence-electron chi connectivity index (χ3n) is 4.39. The molecule has 0 radical (unpaired) electrons. The van der Waals surface area contributed by atoms with Gasteiger partial charge in [-0.1, -0.05) is 18.9 Å². The van der Waals surface area contributed by atoms with Crippen LogP contribution in [0.3, 0.4) is 0 Å². The molecular weight excluding hydrogens is 262 g/mol. The number of furan rings is 1. The molecule has 112 valence electrons. The van der Waals surface area contributed by atoms with Gasteiger partial charge in [0.05, 0.1) is 12.7 Å². The summed E-state index contributed by atoms with van der Waals surface area (Å²) >= 11 is 0. The minimum absolute atomic E-state index is 0.236. The van der Waals surface area contributed by atoms with Gasteiger partial charge in [-0.05, 0) is 43.9 Å². The molecule has 2 heterocycles. The van der Waals surface area contributed by atoms with E-state index in [2.05, 4.69) is 19.9 Å². The second-order valence-electron chi connectivity index (χ2n) is 6.19. The number of rotatable bonds is 2. The van der Waals surface area contributed by atoms with E-state index < -0.39 is 0 Å². The summed E-state index contributed by atoms with van der Waals surface area (Å²) in [6.07, 6.45) is 6.98. The van der Waals surface area contributed by atoms with Crippen molar-refractivity contribution in [1.29, 1.82) is 0 Å². The zero-order valence-electron chi connectivity index (χ0n) is 12.9. The summed E-state index contributed by atoms with van der Waals surface area (Å²) in [5.41, 5.74) is 4.31. The average Bonchev–Trinajstić information content (AvgIpc) is 2.68. The predicted octanol–water partition coefficient (Wildman–Crippen LogP) is 3.99. The van der Waals surface area contributed by atoms with E-state index in [0.29, 0.717) is 6.42 Å². The molecule has 0 N–H and O–H groups in total. The second-order valence-corrected chi connectivity index (χ2v) is 6.19. The van der Waals surface area contributed by atoms with Crippen LogP contribution in [0, 0.1) is 13.8 Å². The van der Waals surface area contributed by atoms with E-state index in [1.165, 1.54) is 24.0 Å². The first-order chi connectivity index (χ1) is 10.1. The third-order valence-corrected chi connectivity index (χ3v) is 4.39. The molecule has 1 fully saturated rings. The maximum absolute atomic E-state index is 12.5. The molecule has 1 aliphatic heterocycles. The maximum Gasteiger partial charge on any atom is 0.227 e. The van der Waals surface area contributed by atoms with Crippen LogP contribution in [0.4, 0.5) is 0 Å². The van der Waals surface area contributed by atoms with Crippen molar-refractivity contribution in [3.05, 3.63) is 35.1 Å². The summed E-state index contributed by atoms with van der Waals surface area (Å²) in [6, 6.07) is 4.19. The van der Waals surface area contributed by atoms with Gasteiger partial charge in [0.25, 0.3) is 0 Å². The first kappa shape index (κ1) is 14.2. The van der Waals surface area contributed by atoms with Crippen molar-refractivity contribution in [3.63, 3.8) is 0 Å². The Hall–Kier alpha value is -1.77. The average molecular weight is 285 g/mol. The van der Waals surface area contributed by atoms with E-state index in [-0.39, 0.29) is 5.91 Å². The minimum Gasteiger partial charge on any atom is -0.464 e. The molecule has 0 bridgehead atoms. The van der Waals surface area contributed by atoms with Crippen LogP contribution in [0.1, 0.15) is 42.4 Å². The summed E-state index contributed by atoms with van der Waals surface area (Å²) in [5.74, 6) is 0.236. The molecule has 3 nitrogen and oxygen atoms in total. The van der Waals surface area contributed by atoms with Crippen molar-refractivity contribution >= 4 is 16.9 Å². The molecule has 0 saturated carbocycles. The van der Waals surface area contributed by atoms with E-state index in [1.807, 2.05) is 11.0 Å².